The molecule has 7 heavy (non-hydrogen) atoms. The fraction of sp³-hybridized carbons (Fsp3) is 0.800. The van der Waals surface area contributed by atoms with E-state index in [1.165, 1.54) is 12.2 Å². The van der Waals surface area contributed by atoms with Crippen molar-refractivity contribution in [3.63, 3.8) is 0 Å². The van der Waals surface area contributed by atoms with Crippen molar-refractivity contribution in [2.45, 2.75) is 18.2 Å². The monoisotopic (exact) mass is 134 g/mol. The zero-order chi connectivity index (χ0) is 5.11. The molecule has 0 N–H and O–H groups in total. The van der Waals surface area contributed by atoms with Crippen molar-refractivity contribution in [2.75, 3.05) is 5.75 Å². The quantitative estimate of drug-likeness (QED) is 0.458. The van der Waals surface area contributed by atoms with Crippen molar-refractivity contribution < 1.29 is 0 Å². The van der Waals surface area contributed by atoms with Crippen LogP contribution in [-0.4, -0.2) is 11.1 Å². The van der Waals surface area contributed by atoms with Gasteiger partial charge in [0.1, 0.15) is 0 Å². The van der Waals surface area contributed by atoms with Crippen molar-refractivity contribution in [3.8, 4) is 0 Å². The van der Waals surface area contributed by atoms with Gasteiger partial charge in [-0.25, -0.2) is 0 Å². The minimum absolute atomic E-state index is 0.221. The molecule has 1 rings (SSSR count). The van der Waals surface area contributed by atoms with E-state index in [-0.39, 0.29) is 5.38 Å². The number of thioether (sulfide) groups is 1. The summed E-state index contributed by atoms with van der Waals surface area (Å²) in [6, 6.07) is 0. The largest absolute Gasteiger partial charge is 0.150 e. The van der Waals surface area contributed by atoms with Crippen molar-refractivity contribution in [1.82, 2.24) is 0 Å². The van der Waals surface area contributed by atoms with Gasteiger partial charge in [0.25, 0.3) is 0 Å². The van der Waals surface area contributed by atoms with Crippen LogP contribution >= 0.6 is 23.4 Å². The highest BCUT2D eigenvalue weighted by atomic mass is 35.5. The smallest absolute Gasteiger partial charge is 0.0673 e. The zero-order valence-electron chi connectivity index (χ0n) is 3.98. The fourth-order valence-corrected chi connectivity index (χ4v) is 1.61. The van der Waals surface area contributed by atoms with E-state index in [1.807, 2.05) is 0 Å². The molecule has 0 nitrogen and oxygen atoms in total. The van der Waals surface area contributed by atoms with Crippen LogP contribution < -0.4 is 0 Å². The summed E-state index contributed by atoms with van der Waals surface area (Å²) in [5, 5.41) is 0.221. The molecule has 1 saturated heterocycles. The standard InChI is InChI=1S/C5H7ClS/c6-5-2-1-3-7-4-5/h5H,1-3H2. The molecule has 0 bridgehead atoms. The highest BCUT2D eigenvalue weighted by Crippen LogP contribution is 2.24. The van der Waals surface area contributed by atoms with Gasteiger partial charge in [-0.2, -0.15) is 11.8 Å². The number of hydrogen-bond donors (Lipinski definition) is 0. The summed E-state index contributed by atoms with van der Waals surface area (Å²) in [5.41, 5.74) is 0. The molecule has 0 aromatic rings. The fourth-order valence-electron chi connectivity index (χ4n) is 0.543. The summed E-state index contributed by atoms with van der Waals surface area (Å²) in [7, 11) is 0. The molecule has 1 heterocycles. The first kappa shape index (κ1) is 5.77. The second-order valence-electron chi connectivity index (χ2n) is 1.58. The Hall–Kier alpha value is 0.640. The van der Waals surface area contributed by atoms with Crippen LogP contribution in [0.5, 0.6) is 0 Å². The number of rotatable bonds is 0. The predicted molar refractivity (Wildman–Crippen MR) is 34.6 cm³/mol. The third-order valence-corrected chi connectivity index (χ3v) is 2.32. The Balaban J connectivity index is 2.12. The van der Waals surface area contributed by atoms with Crippen molar-refractivity contribution in [3.05, 3.63) is 5.75 Å². The molecule has 0 aliphatic carbocycles. The SMILES string of the molecule is ClC1[C]SCCC1. The summed E-state index contributed by atoms with van der Waals surface area (Å²) in [6.45, 7) is 0. The van der Waals surface area contributed by atoms with Crippen LogP contribution in [0, 0.1) is 5.75 Å². The van der Waals surface area contributed by atoms with Crippen LogP contribution in [0.3, 0.4) is 0 Å². The lowest BCUT2D eigenvalue weighted by Gasteiger charge is -2.12. The second kappa shape index (κ2) is 2.83. The first-order valence-corrected chi connectivity index (χ1v) is 3.83. The molecule has 40 valence electrons. The van der Waals surface area contributed by atoms with E-state index in [4.69, 9.17) is 11.6 Å². The maximum absolute atomic E-state index is 5.68. The minimum atomic E-state index is 0.221. The second-order valence-corrected chi connectivity index (χ2v) is 3.04. The molecule has 1 aliphatic rings. The molecule has 0 aromatic heterocycles. The van der Waals surface area contributed by atoms with Gasteiger partial charge in [0.2, 0.25) is 0 Å². The number of halogens is 1. The summed E-state index contributed by atoms with van der Waals surface area (Å²) in [4.78, 5) is 0. The average molecular weight is 135 g/mol. The molecule has 2 heteroatoms. The van der Waals surface area contributed by atoms with Crippen molar-refractivity contribution >= 4 is 23.4 Å². The highest BCUT2D eigenvalue weighted by Gasteiger charge is 2.09. The Kier molecular flexibility index (Phi) is 2.33. The normalized spacial score (nSPS) is 33.0. The number of alkyl halides is 1. The third-order valence-electron chi connectivity index (χ3n) is 0.915. The van der Waals surface area contributed by atoms with Crippen LogP contribution in [-0.2, 0) is 0 Å². The molecule has 0 aromatic carbocycles. The molecule has 1 fully saturated rings. The topological polar surface area (TPSA) is 0 Å². The molecular weight excluding hydrogens is 128 g/mol. The van der Waals surface area contributed by atoms with E-state index >= 15 is 0 Å². The lowest BCUT2D eigenvalue weighted by Crippen LogP contribution is -2.03. The van der Waals surface area contributed by atoms with Gasteiger partial charge in [-0.1, -0.05) is 0 Å². The van der Waals surface area contributed by atoms with Gasteiger partial charge >= 0.3 is 0 Å². The molecular formula is C5H7ClS. The first-order valence-electron chi connectivity index (χ1n) is 2.41. The Morgan fingerprint density at radius 1 is 1.71 bits per heavy atom. The first-order chi connectivity index (χ1) is 3.39. The van der Waals surface area contributed by atoms with Crippen LogP contribution in [0.15, 0.2) is 0 Å². The van der Waals surface area contributed by atoms with Gasteiger partial charge in [0.05, 0.1) is 11.1 Å². The molecule has 0 spiro atoms. The molecule has 0 amide bonds. The molecule has 1 atom stereocenters. The van der Waals surface area contributed by atoms with Crippen LogP contribution in [0.25, 0.3) is 0 Å². The molecule has 2 radical (unpaired) electrons. The van der Waals surface area contributed by atoms with Crippen LogP contribution in [0.4, 0.5) is 0 Å². The van der Waals surface area contributed by atoms with Crippen molar-refractivity contribution in [1.29, 1.82) is 0 Å². The molecule has 1 aliphatic heterocycles. The van der Waals surface area contributed by atoms with Gasteiger partial charge in [-0.05, 0) is 18.6 Å². The van der Waals surface area contributed by atoms with E-state index in [0.29, 0.717) is 0 Å². The maximum Gasteiger partial charge on any atom is 0.0673 e. The number of hydrogen-bond acceptors (Lipinski definition) is 1. The summed E-state index contributed by atoms with van der Waals surface area (Å²) < 4.78 is 0. The van der Waals surface area contributed by atoms with Gasteiger partial charge in [-0.15, -0.1) is 11.6 Å². The summed E-state index contributed by atoms with van der Waals surface area (Å²) in [6.07, 6.45) is 2.38. The van der Waals surface area contributed by atoms with E-state index in [1.54, 1.807) is 11.8 Å². The zero-order valence-corrected chi connectivity index (χ0v) is 5.56. The Bertz CT molecular complexity index is 50.0. The minimum Gasteiger partial charge on any atom is -0.150 e. The van der Waals surface area contributed by atoms with E-state index in [9.17, 15) is 0 Å². The van der Waals surface area contributed by atoms with Gasteiger partial charge in [-0.3, -0.25) is 0 Å². The van der Waals surface area contributed by atoms with Crippen molar-refractivity contribution in [2.24, 2.45) is 0 Å². The van der Waals surface area contributed by atoms with Gasteiger partial charge in [0, 0.05) is 0 Å². The predicted octanol–water partition coefficient (Wildman–Crippen LogP) is 2.16. The Labute approximate surface area is 53.6 Å². The van der Waals surface area contributed by atoms with E-state index < -0.39 is 0 Å². The lowest BCUT2D eigenvalue weighted by atomic mass is 10.3. The van der Waals surface area contributed by atoms with Crippen LogP contribution in [0.1, 0.15) is 12.8 Å². The summed E-state index contributed by atoms with van der Waals surface area (Å²) in [5.74, 6) is 4.28. The lowest BCUT2D eigenvalue weighted by molar-refractivity contribution is 0.804. The summed E-state index contributed by atoms with van der Waals surface area (Å²) >= 11 is 7.41. The molecule has 0 saturated carbocycles. The maximum atomic E-state index is 5.68. The van der Waals surface area contributed by atoms with Crippen LogP contribution in [0.2, 0.25) is 0 Å². The van der Waals surface area contributed by atoms with Gasteiger partial charge in [0.15, 0.2) is 0 Å². The van der Waals surface area contributed by atoms with E-state index in [0.717, 1.165) is 6.42 Å². The Morgan fingerprint density at radius 2 is 2.57 bits per heavy atom. The average Bonchev–Trinajstić information content (AvgIpc) is 1.69. The highest BCUT2D eigenvalue weighted by molar-refractivity contribution is 8.01. The van der Waals surface area contributed by atoms with E-state index in [2.05, 4.69) is 5.75 Å². The Morgan fingerprint density at radius 3 is 2.86 bits per heavy atom. The van der Waals surface area contributed by atoms with Gasteiger partial charge < -0.3 is 0 Å². The molecule has 1 unspecified atom stereocenters. The third kappa shape index (κ3) is 1.92.